The van der Waals surface area contributed by atoms with E-state index in [0.717, 1.165) is 6.92 Å². The average molecular weight is 559 g/mol. The number of aromatic hydroxyl groups is 3. The molecule has 4 unspecified atom stereocenters. The lowest BCUT2D eigenvalue weighted by atomic mass is 9.71. The molecule has 1 aliphatic rings. The zero-order valence-electron chi connectivity index (χ0n) is 22.4. The maximum absolute atomic E-state index is 12.9. The molecule has 15 heteroatoms. The van der Waals surface area contributed by atoms with E-state index in [1.807, 2.05) is 0 Å². The van der Waals surface area contributed by atoms with E-state index in [-0.39, 0.29) is 22.2 Å². The van der Waals surface area contributed by atoms with Gasteiger partial charge in [0.25, 0.3) is 0 Å². The Balaban J connectivity index is 1.92. The summed E-state index contributed by atoms with van der Waals surface area (Å²) >= 11 is 0. The van der Waals surface area contributed by atoms with Crippen molar-refractivity contribution >= 4 is 16.8 Å². The van der Waals surface area contributed by atoms with Gasteiger partial charge in [0.15, 0.2) is 23.1 Å². The standard InChI is InChI=1S/C24H38N4O11/c1-6-7-10(2)21-23(35,36)14(22(33,34)12(4)28(21)24(37,38)39)9-25-15(29)8-13-16-17(27(5)26-13)11(3)18(30)20(32)19(16)31/h10,12,14,21,30-39H,6-9H2,1-5H3,(H,25,29). The molecule has 2 heterocycles. The van der Waals surface area contributed by atoms with E-state index in [1.54, 1.807) is 13.8 Å². The zero-order chi connectivity index (χ0) is 29.8. The first-order chi connectivity index (χ1) is 17.8. The van der Waals surface area contributed by atoms with Crippen LogP contribution in [-0.2, 0) is 18.3 Å². The van der Waals surface area contributed by atoms with Crippen LogP contribution < -0.4 is 5.32 Å². The Labute approximate surface area is 223 Å². The number of hydrogen-bond donors (Lipinski definition) is 11. The van der Waals surface area contributed by atoms with Crippen LogP contribution in [0.1, 0.15) is 44.9 Å². The Morgan fingerprint density at radius 1 is 1.08 bits per heavy atom. The molecule has 1 amide bonds. The van der Waals surface area contributed by atoms with Gasteiger partial charge in [0.1, 0.15) is 0 Å². The van der Waals surface area contributed by atoms with Crippen molar-refractivity contribution in [2.45, 2.75) is 76.7 Å². The van der Waals surface area contributed by atoms with Crippen LogP contribution in [-0.4, -0.2) is 108 Å². The summed E-state index contributed by atoms with van der Waals surface area (Å²) in [4.78, 5) is 13.3. The lowest BCUT2D eigenvalue weighted by molar-refractivity contribution is -0.473. The fourth-order valence-electron chi connectivity index (χ4n) is 5.85. The third-order valence-corrected chi connectivity index (χ3v) is 7.77. The first-order valence-electron chi connectivity index (χ1n) is 12.5. The van der Waals surface area contributed by atoms with E-state index in [9.17, 15) is 55.9 Å². The summed E-state index contributed by atoms with van der Waals surface area (Å²) in [5.41, 5.74) is 0.482. The van der Waals surface area contributed by atoms with Crippen LogP contribution in [0.4, 0.5) is 0 Å². The van der Waals surface area contributed by atoms with Gasteiger partial charge < -0.3 is 56.4 Å². The number of phenols is 3. The van der Waals surface area contributed by atoms with Crippen LogP contribution in [0.2, 0.25) is 0 Å². The van der Waals surface area contributed by atoms with Crippen LogP contribution >= 0.6 is 0 Å². The number of amides is 1. The zero-order valence-corrected chi connectivity index (χ0v) is 22.4. The fourth-order valence-corrected chi connectivity index (χ4v) is 5.85. The summed E-state index contributed by atoms with van der Waals surface area (Å²) in [6.07, 6.45) is -3.23. The van der Waals surface area contributed by atoms with Crippen molar-refractivity contribution in [2.24, 2.45) is 18.9 Å². The highest BCUT2D eigenvalue weighted by molar-refractivity contribution is 5.97. The monoisotopic (exact) mass is 558 g/mol. The summed E-state index contributed by atoms with van der Waals surface area (Å²) in [7, 11) is 1.50. The predicted molar refractivity (Wildman–Crippen MR) is 134 cm³/mol. The molecule has 0 spiro atoms. The van der Waals surface area contributed by atoms with Gasteiger partial charge in [-0.15, -0.1) is 0 Å². The number of phenolic OH excluding ortho intramolecular Hbond substituents is 3. The molecule has 2 aromatic rings. The third kappa shape index (κ3) is 5.12. The minimum Gasteiger partial charge on any atom is -0.504 e. The highest BCUT2D eigenvalue weighted by Gasteiger charge is 2.67. The summed E-state index contributed by atoms with van der Waals surface area (Å²) in [5, 5.41) is 111. The highest BCUT2D eigenvalue weighted by Crippen LogP contribution is 2.46. The number of fused-ring (bicyclic) bond motifs is 1. The average Bonchev–Trinajstić information content (AvgIpc) is 3.12. The van der Waals surface area contributed by atoms with Gasteiger partial charge in [0.2, 0.25) is 11.7 Å². The minimum atomic E-state index is -3.63. The van der Waals surface area contributed by atoms with Crippen LogP contribution in [0.3, 0.4) is 0 Å². The maximum Gasteiger partial charge on any atom is 0.346 e. The number of aryl methyl sites for hydroxylation is 2. The number of benzene rings is 1. The molecule has 0 aliphatic carbocycles. The number of hydrogen-bond acceptors (Lipinski definition) is 13. The van der Waals surface area contributed by atoms with Gasteiger partial charge in [0.05, 0.1) is 41.0 Å². The molecule has 11 N–H and O–H groups in total. The number of carbonyl (C=O) groups excluding carboxylic acids is 1. The van der Waals surface area contributed by atoms with Gasteiger partial charge in [-0.1, -0.05) is 20.3 Å². The largest absolute Gasteiger partial charge is 0.504 e. The van der Waals surface area contributed by atoms with E-state index in [0.29, 0.717) is 17.7 Å². The number of piperidine rings is 1. The number of carbonyl (C=O) groups is 1. The number of rotatable bonds is 8. The molecule has 1 aromatic carbocycles. The lowest BCUT2D eigenvalue weighted by Crippen LogP contribution is -2.81. The van der Waals surface area contributed by atoms with Crippen LogP contribution in [0, 0.1) is 18.8 Å². The second-order valence-electron chi connectivity index (χ2n) is 10.5. The first kappa shape index (κ1) is 30.8. The molecule has 3 rings (SSSR count). The lowest BCUT2D eigenvalue weighted by Gasteiger charge is -2.59. The number of nitrogens with zero attached hydrogens (tertiary/aromatic N) is 3. The summed E-state index contributed by atoms with van der Waals surface area (Å²) in [6, 6.07) is -3.25. The van der Waals surface area contributed by atoms with E-state index in [1.165, 1.54) is 18.7 Å². The number of likely N-dealkylation sites (tertiary alicyclic amines) is 1. The third-order valence-electron chi connectivity index (χ3n) is 7.77. The molecular formula is C24H38N4O11. The van der Waals surface area contributed by atoms with Crippen molar-refractivity contribution in [1.29, 1.82) is 0 Å². The topological polar surface area (TPSA) is 252 Å². The molecular weight excluding hydrogens is 520 g/mol. The quantitative estimate of drug-likeness (QED) is 0.121. The Bertz CT molecular complexity index is 1240. The second-order valence-corrected chi connectivity index (χ2v) is 10.5. The minimum absolute atomic E-state index is 0.0124. The van der Waals surface area contributed by atoms with Gasteiger partial charge in [-0.3, -0.25) is 9.48 Å². The SMILES string of the molecule is CCCC(C)C1N(C(O)(O)O)C(C)C(O)(O)C(CNC(=O)Cc2nn(C)c3c(C)c(O)c(O)c(O)c23)C1(O)O. The summed E-state index contributed by atoms with van der Waals surface area (Å²) < 4.78 is 1.30. The van der Waals surface area contributed by atoms with E-state index in [2.05, 4.69) is 10.4 Å². The van der Waals surface area contributed by atoms with E-state index in [4.69, 9.17) is 0 Å². The van der Waals surface area contributed by atoms with Crippen molar-refractivity contribution in [3.05, 3.63) is 11.3 Å². The molecule has 4 atom stereocenters. The Morgan fingerprint density at radius 2 is 1.67 bits per heavy atom. The highest BCUT2D eigenvalue weighted by atomic mass is 16.7. The van der Waals surface area contributed by atoms with Crippen molar-refractivity contribution in [3.8, 4) is 17.2 Å². The number of aliphatic hydroxyl groups is 7. The Morgan fingerprint density at radius 3 is 2.21 bits per heavy atom. The van der Waals surface area contributed by atoms with Gasteiger partial charge >= 0.3 is 6.10 Å². The van der Waals surface area contributed by atoms with Gasteiger partial charge in [-0.05, 0) is 26.2 Å². The van der Waals surface area contributed by atoms with E-state index >= 15 is 0 Å². The van der Waals surface area contributed by atoms with Gasteiger partial charge in [-0.2, -0.15) is 5.10 Å². The van der Waals surface area contributed by atoms with Crippen molar-refractivity contribution in [1.82, 2.24) is 20.0 Å². The van der Waals surface area contributed by atoms with Crippen molar-refractivity contribution in [2.75, 3.05) is 6.54 Å². The number of nitrogens with one attached hydrogen (secondary N) is 1. The Hall–Kier alpha value is -2.76. The van der Waals surface area contributed by atoms with Crippen LogP contribution in [0.5, 0.6) is 17.2 Å². The molecule has 15 nitrogen and oxygen atoms in total. The van der Waals surface area contributed by atoms with Crippen molar-refractivity contribution < 1.29 is 55.9 Å². The Kier molecular flexibility index (Phi) is 8.15. The fraction of sp³-hybridized carbons (Fsp3) is 0.667. The second kappa shape index (κ2) is 10.3. The van der Waals surface area contributed by atoms with Gasteiger partial charge in [-0.25, -0.2) is 4.90 Å². The molecule has 0 bridgehead atoms. The smallest absolute Gasteiger partial charge is 0.346 e. The van der Waals surface area contributed by atoms with E-state index < -0.39 is 77.7 Å². The predicted octanol–water partition coefficient (Wildman–Crippen LogP) is -2.27. The maximum atomic E-state index is 12.9. The molecule has 1 fully saturated rings. The van der Waals surface area contributed by atoms with Crippen molar-refractivity contribution in [3.63, 3.8) is 0 Å². The van der Waals surface area contributed by atoms with Crippen LogP contribution in [0.15, 0.2) is 0 Å². The molecule has 39 heavy (non-hydrogen) atoms. The molecule has 1 aromatic heterocycles. The molecule has 0 radical (unpaired) electrons. The first-order valence-corrected chi connectivity index (χ1v) is 12.5. The van der Waals surface area contributed by atoms with Gasteiger partial charge in [0, 0.05) is 19.2 Å². The molecule has 1 saturated heterocycles. The number of aromatic nitrogens is 2. The summed E-state index contributed by atoms with van der Waals surface area (Å²) in [6.45, 7) is 5.28. The molecule has 1 aliphatic heterocycles. The summed E-state index contributed by atoms with van der Waals surface area (Å²) in [5.74, 6) is -11.5. The molecule has 220 valence electrons. The van der Waals surface area contributed by atoms with Crippen LogP contribution in [0.25, 0.3) is 10.9 Å². The molecule has 0 saturated carbocycles. The normalized spacial score (nSPS) is 24.2.